The molecule has 0 aliphatic carbocycles. The molecule has 5 N–H and O–H groups in total. The van der Waals surface area contributed by atoms with Gasteiger partial charge in [0.15, 0.2) is 0 Å². The summed E-state index contributed by atoms with van der Waals surface area (Å²) in [5, 5.41) is 4.81. The molecule has 1 aliphatic heterocycles. The molecule has 1 saturated heterocycles. The topological polar surface area (TPSA) is 230 Å². The van der Waals surface area contributed by atoms with Gasteiger partial charge >= 0.3 is 17.9 Å². The minimum Gasteiger partial charge on any atom is -0.459 e. The minimum atomic E-state index is -4.64. The Kier molecular flexibility index (Phi) is 19.1. The van der Waals surface area contributed by atoms with Crippen molar-refractivity contribution in [3.63, 3.8) is 0 Å². The zero-order chi connectivity index (χ0) is 39.9. The number of nitrogens with zero attached hydrogens (tertiary/aromatic N) is 4. The van der Waals surface area contributed by atoms with Crippen molar-refractivity contribution in [1.29, 1.82) is 0 Å². The molecule has 18 nitrogen and oxygen atoms in total. The zero-order valence-corrected chi connectivity index (χ0v) is 33.3. The first kappa shape index (κ1) is 47.1. The molecular weight excluding hydrogens is 702 g/mol. The lowest BCUT2D eigenvalue weighted by Crippen LogP contribution is -2.54. The molecule has 0 saturated carbocycles. The summed E-state index contributed by atoms with van der Waals surface area (Å²) in [6, 6.07) is -1.58. The van der Waals surface area contributed by atoms with Crippen molar-refractivity contribution in [3.05, 3.63) is 0 Å². The van der Waals surface area contributed by atoms with Gasteiger partial charge in [-0.15, -0.1) is 0 Å². The van der Waals surface area contributed by atoms with E-state index in [9.17, 15) is 36.9 Å². The largest absolute Gasteiger partial charge is 0.459 e. The quantitative estimate of drug-likeness (QED) is 0.0913. The lowest BCUT2D eigenvalue weighted by molar-refractivity contribution is -0.158. The van der Waals surface area contributed by atoms with Crippen LogP contribution in [-0.2, 0) is 48.3 Å². The Morgan fingerprint density at radius 3 is 1.21 bits per heavy atom. The number of ether oxygens (including phenoxy) is 3. The molecule has 1 aliphatic rings. The van der Waals surface area contributed by atoms with E-state index in [1.165, 1.54) is 0 Å². The van der Waals surface area contributed by atoms with Gasteiger partial charge in [-0.2, -0.15) is 8.42 Å². The van der Waals surface area contributed by atoms with E-state index in [0.29, 0.717) is 26.2 Å². The first-order chi connectivity index (χ1) is 23.7. The standard InChI is InChI=1S/C33H63N7O11S/c1-31(2,3)49-27(42)21-38-14-12-37(20-26(41)36-25(24-52(46,47)48)30(45)35-11-10-34)13-15-39(22-28(43)50-32(4,5)6)17-19-40(18-16-38)23-29(44)51-33(7,8)9/h25H,10-24,34H2,1-9H3,(H,35,45)(H,36,41)(H,46,47,48)/t25-/m0/s1. The smallest absolute Gasteiger partial charge is 0.320 e. The van der Waals surface area contributed by atoms with Gasteiger partial charge in [0.05, 0.1) is 26.2 Å². The third-order valence-electron chi connectivity index (χ3n) is 7.09. The SMILES string of the molecule is CC(C)(C)OC(=O)CN1CCN(CC(=O)N[C@@H](CS(=O)(=O)O)C(=O)NCCN)CCN(CC(=O)OC(C)(C)C)CCN(CC(=O)OC(C)(C)C)CC1. The summed E-state index contributed by atoms with van der Waals surface area (Å²) in [5.41, 5.74) is 3.30. The first-order valence-corrected chi connectivity index (χ1v) is 19.1. The second-order valence-corrected chi connectivity index (χ2v) is 17.3. The third kappa shape index (κ3) is 23.6. The van der Waals surface area contributed by atoms with Gasteiger partial charge < -0.3 is 30.6 Å². The number of amides is 2. The Balaban J connectivity index is 3.37. The molecule has 0 spiro atoms. The van der Waals surface area contributed by atoms with Crippen molar-refractivity contribution in [3.8, 4) is 0 Å². The van der Waals surface area contributed by atoms with E-state index < -0.39 is 68.4 Å². The molecular formula is C33H63N7O11S. The summed E-state index contributed by atoms with van der Waals surface area (Å²) in [6.07, 6.45) is 0. The molecule has 52 heavy (non-hydrogen) atoms. The van der Waals surface area contributed by atoms with Crippen molar-refractivity contribution >= 4 is 39.8 Å². The van der Waals surface area contributed by atoms with E-state index in [2.05, 4.69) is 10.6 Å². The second kappa shape index (κ2) is 21.1. The summed E-state index contributed by atoms with van der Waals surface area (Å²) in [6.45, 7) is 18.0. The summed E-state index contributed by atoms with van der Waals surface area (Å²) >= 11 is 0. The Hall–Kier alpha value is -2.94. The molecule has 0 aromatic rings. The first-order valence-electron chi connectivity index (χ1n) is 17.5. The molecule has 0 aromatic heterocycles. The normalized spacial score (nSPS) is 17.6. The zero-order valence-electron chi connectivity index (χ0n) is 32.5. The molecule has 0 bridgehead atoms. The van der Waals surface area contributed by atoms with Crippen LogP contribution in [0.25, 0.3) is 0 Å². The highest BCUT2D eigenvalue weighted by molar-refractivity contribution is 7.85. The highest BCUT2D eigenvalue weighted by Crippen LogP contribution is 2.11. The van der Waals surface area contributed by atoms with Crippen LogP contribution in [0.2, 0.25) is 0 Å². The van der Waals surface area contributed by atoms with Gasteiger partial charge in [0.2, 0.25) is 11.8 Å². The number of nitrogens with one attached hydrogen (secondary N) is 2. The van der Waals surface area contributed by atoms with E-state index in [0.717, 1.165) is 0 Å². The van der Waals surface area contributed by atoms with E-state index in [4.69, 9.17) is 19.9 Å². The van der Waals surface area contributed by atoms with Crippen LogP contribution in [0.15, 0.2) is 0 Å². The van der Waals surface area contributed by atoms with Crippen molar-refractivity contribution in [2.75, 3.05) is 97.4 Å². The molecule has 1 atom stereocenters. The number of carbonyl (C=O) groups is 5. The van der Waals surface area contributed by atoms with Crippen LogP contribution in [0.4, 0.5) is 0 Å². The van der Waals surface area contributed by atoms with Crippen LogP contribution in [0, 0.1) is 0 Å². The molecule has 19 heteroatoms. The van der Waals surface area contributed by atoms with E-state index >= 15 is 0 Å². The number of hydrogen-bond donors (Lipinski definition) is 4. The van der Waals surface area contributed by atoms with E-state index in [1.54, 1.807) is 67.2 Å². The number of rotatable bonds is 14. The third-order valence-corrected chi connectivity index (χ3v) is 7.84. The molecule has 1 fully saturated rings. The molecule has 1 heterocycles. The average molecular weight is 766 g/mol. The summed E-state index contributed by atoms with van der Waals surface area (Å²) < 4.78 is 49.4. The molecule has 0 aromatic carbocycles. The maximum Gasteiger partial charge on any atom is 0.320 e. The van der Waals surface area contributed by atoms with Crippen LogP contribution in [0.5, 0.6) is 0 Å². The van der Waals surface area contributed by atoms with Crippen molar-refractivity contribution in [2.45, 2.75) is 85.2 Å². The number of esters is 3. The number of nitrogens with two attached hydrogens (primary N) is 1. The maximum absolute atomic E-state index is 13.3. The fourth-order valence-electron chi connectivity index (χ4n) is 5.04. The van der Waals surface area contributed by atoms with Gasteiger partial charge in [0.25, 0.3) is 10.1 Å². The maximum atomic E-state index is 13.3. The fraction of sp³-hybridized carbons (Fsp3) is 0.848. The summed E-state index contributed by atoms with van der Waals surface area (Å²) in [5.74, 6) is -3.89. The van der Waals surface area contributed by atoms with Gasteiger partial charge in [0.1, 0.15) is 28.6 Å². The summed E-state index contributed by atoms with van der Waals surface area (Å²) in [7, 11) is -4.64. The van der Waals surface area contributed by atoms with Crippen LogP contribution in [0.1, 0.15) is 62.3 Å². The highest BCUT2D eigenvalue weighted by atomic mass is 32.2. The predicted molar refractivity (Wildman–Crippen MR) is 194 cm³/mol. The second-order valence-electron chi connectivity index (χ2n) is 15.8. The predicted octanol–water partition coefficient (Wildman–Crippen LogP) is -1.32. The molecule has 2 amide bonds. The molecule has 302 valence electrons. The van der Waals surface area contributed by atoms with Crippen molar-refractivity contribution in [2.24, 2.45) is 5.73 Å². The van der Waals surface area contributed by atoms with Crippen molar-refractivity contribution < 1.29 is 51.2 Å². The monoisotopic (exact) mass is 765 g/mol. The lowest BCUT2D eigenvalue weighted by Gasteiger charge is -2.34. The fourth-order valence-corrected chi connectivity index (χ4v) is 5.69. The molecule has 0 unspecified atom stereocenters. The van der Waals surface area contributed by atoms with Crippen LogP contribution in [0.3, 0.4) is 0 Å². The Morgan fingerprint density at radius 2 is 0.942 bits per heavy atom. The molecule has 0 radical (unpaired) electrons. The summed E-state index contributed by atoms with van der Waals surface area (Å²) in [4.78, 5) is 71.9. The lowest BCUT2D eigenvalue weighted by atomic mass is 10.2. The van der Waals surface area contributed by atoms with Gasteiger partial charge in [-0.05, 0) is 62.3 Å². The average Bonchev–Trinajstić information content (AvgIpc) is 2.93. The Bertz CT molecular complexity index is 1250. The van der Waals surface area contributed by atoms with E-state index in [1.807, 2.05) is 14.7 Å². The van der Waals surface area contributed by atoms with Gasteiger partial charge in [0, 0.05) is 65.4 Å². The van der Waals surface area contributed by atoms with Crippen LogP contribution in [-0.4, -0.2) is 183 Å². The highest BCUT2D eigenvalue weighted by Gasteiger charge is 2.29. The molecule has 1 rings (SSSR count). The van der Waals surface area contributed by atoms with Crippen LogP contribution < -0.4 is 16.4 Å². The Morgan fingerprint density at radius 1 is 0.635 bits per heavy atom. The van der Waals surface area contributed by atoms with E-state index in [-0.39, 0.29) is 65.4 Å². The Labute approximate surface area is 309 Å². The number of carbonyl (C=O) groups excluding carboxylic acids is 5. The van der Waals surface area contributed by atoms with Crippen molar-refractivity contribution in [1.82, 2.24) is 30.2 Å². The number of hydrogen-bond acceptors (Lipinski definition) is 15. The van der Waals surface area contributed by atoms with Gasteiger partial charge in [-0.25, -0.2) is 0 Å². The van der Waals surface area contributed by atoms with Gasteiger partial charge in [-0.3, -0.25) is 48.1 Å². The minimum absolute atomic E-state index is 0.0201. The van der Waals surface area contributed by atoms with Gasteiger partial charge in [-0.1, -0.05) is 0 Å². The van der Waals surface area contributed by atoms with Crippen LogP contribution >= 0.6 is 0 Å².